The smallest absolute Gasteiger partial charge is 0.460 e. The van der Waals surface area contributed by atoms with E-state index in [1.807, 2.05) is 0 Å². The summed E-state index contributed by atoms with van der Waals surface area (Å²) in [6.45, 7) is 0. The largest absolute Gasteiger partial charge is 0.481 e. The van der Waals surface area contributed by atoms with Gasteiger partial charge in [0.25, 0.3) is 11.4 Å². The molecule has 0 saturated carbocycles. The van der Waals surface area contributed by atoms with E-state index in [1.165, 1.54) is 0 Å². The maximum Gasteiger partial charge on any atom is 0.460 e. The van der Waals surface area contributed by atoms with Crippen LogP contribution in [0.15, 0.2) is 21.9 Å². The number of halogens is 7. The second kappa shape index (κ2) is 8.09. The summed E-state index contributed by atoms with van der Waals surface area (Å²) in [6.07, 6.45) is -6.72. The van der Waals surface area contributed by atoms with Crippen molar-refractivity contribution in [3.05, 3.63) is 32.4 Å². The molecule has 0 aliphatic rings. The van der Waals surface area contributed by atoms with Gasteiger partial charge in [0.2, 0.25) is 0 Å². The van der Waals surface area contributed by atoms with Crippen LogP contribution in [0, 0.1) is 20.2 Å². The Bertz CT molecular complexity index is 856. The molecule has 0 aliphatic carbocycles. The highest BCUT2D eigenvalue weighted by Gasteiger charge is 2.73. The number of nitro benzene ring substituents is 2. The standard InChI is InChI=1S/C11H5F7N2O7S2/c12-9(13,10(14,15)16)11(17,18)28-4-1-5(19(23)24)8(6(2-4)20(25)26)29(27)3-7(21)22/h1-2H,3H2,(H,21,22). The lowest BCUT2D eigenvalue weighted by atomic mass is 10.3. The Kier molecular flexibility index (Phi) is 6.84. The van der Waals surface area contributed by atoms with E-state index in [-0.39, 0.29) is 12.1 Å². The van der Waals surface area contributed by atoms with E-state index in [9.17, 15) is 60.0 Å². The van der Waals surface area contributed by atoms with E-state index in [4.69, 9.17) is 5.11 Å². The fraction of sp³-hybridized carbons (Fsp3) is 0.364. The Morgan fingerprint density at radius 3 is 1.76 bits per heavy atom. The Hall–Kier alpha value is -2.50. The molecule has 0 saturated heterocycles. The summed E-state index contributed by atoms with van der Waals surface area (Å²) in [5.74, 6) is -9.81. The van der Waals surface area contributed by atoms with Crippen LogP contribution in [-0.4, -0.2) is 48.2 Å². The van der Waals surface area contributed by atoms with Gasteiger partial charge in [-0.2, -0.15) is 30.7 Å². The van der Waals surface area contributed by atoms with Gasteiger partial charge in [0.15, 0.2) is 4.90 Å². The molecule has 9 nitrogen and oxygen atoms in total. The van der Waals surface area contributed by atoms with E-state index < -0.39 is 82.6 Å². The van der Waals surface area contributed by atoms with Crippen molar-refractivity contribution in [2.45, 2.75) is 27.1 Å². The zero-order valence-electron chi connectivity index (χ0n) is 13.1. The zero-order valence-corrected chi connectivity index (χ0v) is 14.7. The summed E-state index contributed by atoms with van der Waals surface area (Å²) in [5.41, 5.74) is -3.15. The Morgan fingerprint density at radius 2 is 1.45 bits per heavy atom. The fourth-order valence-corrected chi connectivity index (χ4v) is 3.68. The second-order valence-corrected chi connectivity index (χ2v) is 7.46. The molecule has 0 aromatic heterocycles. The van der Waals surface area contributed by atoms with Crippen molar-refractivity contribution in [1.82, 2.24) is 0 Å². The van der Waals surface area contributed by atoms with Crippen LogP contribution in [0.25, 0.3) is 0 Å². The molecule has 162 valence electrons. The highest BCUT2D eigenvalue weighted by Crippen LogP contribution is 2.54. The second-order valence-electron chi connectivity index (χ2n) is 4.88. The molecule has 1 N–H and O–H groups in total. The molecule has 1 aromatic carbocycles. The first-order valence-corrected chi connectivity index (χ1v) is 8.64. The van der Waals surface area contributed by atoms with Crippen molar-refractivity contribution >= 4 is 39.9 Å². The quantitative estimate of drug-likeness (QED) is 0.261. The van der Waals surface area contributed by atoms with Gasteiger partial charge in [0, 0.05) is 17.0 Å². The normalized spacial score (nSPS) is 13.8. The van der Waals surface area contributed by atoms with Gasteiger partial charge in [0.1, 0.15) is 5.75 Å². The number of thioether (sulfide) groups is 1. The zero-order chi connectivity index (χ0) is 22.9. The Labute approximate surface area is 160 Å². The molecule has 18 heteroatoms. The average Bonchev–Trinajstić information content (AvgIpc) is 2.51. The van der Waals surface area contributed by atoms with Crippen LogP contribution < -0.4 is 0 Å². The molecule has 1 atom stereocenters. The number of alkyl halides is 7. The number of hydrogen-bond donors (Lipinski definition) is 1. The number of carboxylic acid groups (broad SMARTS) is 1. The first-order chi connectivity index (χ1) is 12.9. The van der Waals surface area contributed by atoms with E-state index >= 15 is 0 Å². The van der Waals surface area contributed by atoms with Crippen LogP contribution in [0.3, 0.4) is 0 Å². The summed E-state index contributed by atoms with van der Waals surface area (Å²) < 4.78 is 101. The van der Waals surface area contributed by atoms with Crippen LogP contribution in [0.5, 0.6) is 0 Å². The van der Waals surface area contributed by atoms with Crippen LogP contribution in [0.2, 0.25) is 0 Å². The number of aliphatic carboxylic acids is 1. The van der Waals surface area contributed by atoms with Gasteiger partial charge in [-0.15, -0.1) is 0 Å². The topological polar surface area (TPSA) is 141 Å². The molecule has 0 bridgehead atoms. The van der Waals surface area contributed by atoms with Crippen LogP contribution in [-0.2, 0) is 15.6 Å². The number of carbonyl (C=O) groups is 1. The summed E-state index contributed by atoms with van der Waals surface area (Å²) in [6, 6.07) is -0.0970. The van der Waals surface area contributed by atoms with Crippen molar-refractivity contribution in [3.63, 3.8) is 0 Å². The van der Waals surface area contributed by atoms with Gasteiger partial charge >= 0.3 is 23.3 Å². The minimum atomic E-state index is -6.72. The number of nitro groups is 2. The monoisotopic (exact) mass is 474 g/mol. The lowest BCUT2D eigenvalue weighted by Crippen LogP contribution is -2.49. The van der Waals surface area contributed by atoms with Crippen LogP contribution >= 0.6 is 11.8 Å². The number of nitrogens with zero attached hydrogens (tertiary/aromatic N) is 2. The molecule has 1 aromatic rings. The van der Waals surface area contributed by atoms with Gasteiger partial charge < -0.3 is 5.11 Å². The van der Waals surface area contributed by atoms with Crippen molar-refractivity contribution in [2.75, 3.05) is 5.75 Å². The summed E-state index contributed by atoms with van der Waals surface area (Å²) in [7, 11) is -2.95. The first-order valence-electron chi connectivity index (χ1n) is 6.50. The molecule has 0 fully saturated rings. The SMILES string of the molecule is O=C(O)CS(=O)c1c([N+](=O)[O-])cc(SC(F)(F)C(F)(F)C(F)(F)F)cc1[N+](=O)[O-]. The lowest BCUT2D eigenvalue weighted by Gasteiger charge is -2.27. The molecule has 0 heterocycles. The third-order valence-electron chi connectivity index (χ3n) is 2.87. The fourth-order valence-electron chi connectivity index (χ4n) is 1.70. The highest BCUT2D eigenvalue weighted by molar-refractivity contribution is 8.00. The predicted octanol–water partition coefficient (Wildman–Crippen LogP) is 3.58. The minimum absolute atomic E-state index is 0.0485. The van der Waals surface area contributed by atoms with E-state index in [0.717, 1.165) is 0 Å². The van der Waals surface area contributed by atoms with Gasteiger partial charge in [-0.05, 0) is 11.8 Å². The van der Waals surface area contributed by atoms with Gasteiger partial charge in [-0.25, -0.2) is 0 Å². The van der Waals surface area contributed by atoms with Crippen molar-refractivity contribution in [1.29, 1.82) is 0 Å². The van der Waals surface area contributed by atoms with Gasteiger partial charge in [-0.3, -0.25) is 29.2 Å². The first kappa shape index (κ1) is 24.5. The van der Waals surface area contributed by atoms with Gasteiger partial charge in [-0.1, -0.05) is 0 Å². The minimum Gasteiger partial charge on any atom is -0.481 e. The van der Waals surface area contributed by atoms with Gasteiger partial charge in [0.05, 0.1) is 20.6 Å². The molecule has 0 radical (unpaired) electrons. The number of carboxylic acids is 1. The summed E-state index contributed by atoms with van der Waals surface area (Å²) in [4.78, 5) is 26.8. The van der Waals surface area contributed by atoms with Crippen molar-refractivity contribution in [2.24, 2.45) is 0 Å². The lowest BCUT2D eigenvalue weighted by molar-refractivity contribution is -0.400. The molecular formula is C11H5F7N2O7S2. The van der Waals surface area contributed by atoms with Crippen LogP contribution in [0.4, 0.5) is 42.1 Å². The maximum atomic E-state index is 13.5. The number of rotatable bonds is 8. The predicted molar refractivity (Wildman–Crippen MR) is 80.5 cm³/mol. The number of hydrogen-bond acceptors (Lipinski definition) is 7. The maximum absolute atomic E-state index is 13.5. The molecule has 1 unspecified atom stereocenters. The summed E-state index contributed by atoms with van der Waals surface area (Å²) in [5, 5.41) is 24.7. The molecular weight excluding hydrogens is 469 g/mol. The number of benzene rings is 1. The van der Waals surface area contributed by atoms with E-state index in [1.54, 1.807) is 0 Å². The third-order valence-corrected chi connectivity index (χ3v) is 5.23. The molecule has 1 rings (SSSR count). The third kappa shape index (κ3) is 5.11. The Morgan fingerprint density at radius 1 is 1.03 bits per heavy atom. The van der Waals surface area contributed by atoms with E-state index in [0.29, 0.717) is 0 Å². The molecule has 0 spiro atoms. The Balaban J connectivity index is 3.64. The summed E-state index contributed by atoms with van der Waals surface area (Å²) >= 11 is -1.55. The van der Waals surface area contributed by atoms with Crippen LogP contribution in [0.1, 0.15) is 0 Å². The molecule has 0 aliphatic heterocycles. The highest BCUT2D eigenvalue weighted by atomic mass is 32.2. The van der Waals surface area contributed by atoms with Crippen molar-refractivity contribution < 1.29 is 54.7 Å². The van der Waals surface area contributed by atoms with E-state index in [2.05, 4.69) is 0 Å². The molecule has 0 amide bonds. The van der Waals surface area contributed by atoms with Crippen molar-refractivity contribution in [3.8, 4) is 0 Å². The average molecular weight is 474 g/mol. The molecule has 29 heavy (non-hydrogen) atoms.